The van der Waals surface area contributed by atoms with Crippen LogP contribution in [0, 0.1) is 5.92 Å². The van der Waals surface area contributed by atoms with Gasteiger partial charge in [0.2, 0.25) is 17.8 Å². The fourth-order valence-electron chi connectivity index (χ4n) is 2.87. The summed E-state index contributed by atoms with van der Waals surface area (Å²) in [5.41, 5.74) is 2.56. The SMILES string of the molecule is CCCC1CCN(c2nc(NN)nc(N(CC)CC)n2)C1. The van der Waals surface area contributed by atoms with Gasteiger partial charge in [-0.05, 0) is 32.6 Å². The molecule has 1 aliphatic rings. The zero-order valence-electron chi connectivity index (χ0n) is 13.3. The third-order valence-corrected chi connectivity index (χ3v) is 4.05. The maximum Gasteiger partial charge on any atom is 0.243 e. The van der Waals surface area contributed by atoms with E-state index in [4.69, 9.17) is 5.84 Å². The monoisotopic (exact) mass is 293 g/mol. The standard InChI is InChI=1S/C14H27N7/c1-4-7-11-8-9-21(10-11)14-17-12(19-15)16-13(18-14)20(5-2)6-3/h11H,4-10,15H2,1-3H3,(H,16,17,18,19). The van der Waals surface area contributed by atoms with Crippen LogP contribution in [-0.4, -0.2) is 41.1 Å². The second kappa shape index (κ2) is 7.40. The van der Waals surface area contributed by atoms with Gasteiger partial charge in [-0.2, -0.15) is 15.0 Å². The highest BCUT2D eigenvalue weighted by Crippen LogP contribution is 2.25. The van der Waals surface area contributed by atoms with Crippen LogP contribution in [0.25, 0.3) is 0 Å². The lowest BCUT2D eigenvalue weighted by Crippen LogP contribution is -2.28. The minimum Gasteiger partial charge on any atom is -0.341 e. The number of nitrogens with one attached hydrogen (secondary N) is 1. The molecule has 0 bridgehead atoms. The van der Waals surface area contributed by atoms with Crippen LogP contribution in [0.5, 0.6) is 0 Å². The Hall–Kier alpha value is -1.63. The molecule has 1 aromatic heterocycles. The number of hydrogen-bond acceptors (Lipinski definition) is 7. The van der Waals surface area contributed by atoms with Crippen LogP contribution in [0.15, 0.2) is 0 Å². The summed E-state index contributed by atoms with van der Waals surface area (Å²) in [5, 5.41) is 0. The first kappa shape index (κ1) is 15.8. The van der Waals surface area contributed by atoms with E-state index in [1.165, 1.54) is 19.3 Å². The van der Waals surface area contributed by atoms with Crippen LogP contribution >= 0.6 is 0 Å². The minimum absolute atomic E-state index is 0.431. The summed E-state index contributed by atoms with van der Waals surface area (Å²) >= 11 is 0. The first-order chi connectivity index (χ1) is 10.2. The predicted molar refractivity (Wildman–Crippen MR) is 86.4 cm³/mol. The summed E-state index contributed by atoms with van der Waals surface area (Å²) in [7, 11) is 0. The van der Waals surface area contributed by atoms with E-state index >= 15 is 0 Å². The smallest absolute Gasteiger partial charge is 0.243 e. The summed E-state index contributed by atoms with van der Waals surface area (Å²) in [6, 6.07) is 0. The van der Waals surface area contributed by atoms with Crippen LogP contribution in [0.2, 0.25) is 0 Å². The molecule has 0 aliphatic carbocycles. The molecule has 0 spiro atoms. The van der Waals surface area contributed by atoms with Crippen molar-refractivity contribution in [2.45, 2.75) is 40.0 Å². The summed E-state index contributed by atoms with van der Waals surface area (Å²) in [5.74, 6) is 8.11. The number of nitrogens with two attached hydrogens (primary N) is 1. The fraction of sp³-hybridized carbons (Fsp3) is 0.786. The number of nitrogens with zero attached hydrogens (tertiary/aromatic N) is 5. The lowest BCUT2D eigenvalue weighted by molar-refractivity contribution is 0.529. The van der Waals surface area contributed by atoms with Crippen molar-refractivity contribution < 1.29 is 0 Å². The quantitative estimate of drug-likeness (QED) is 0.584. The average Bonchev–Trinajstić information content (AvgIpc) is 2.97. The molecule has 7 nitrogen and oxygen atoms in total. The van der Waals surface area contributed by atoms with E-state index in [0.717, 1.165) is 38.0 Å². The Bertz CT molecular complexity index is 447. The van der Waals surface area contributed by atoms with Crippen molar-refractivity contribution in [2.24, 2.45) is 11.8 Å². The number of anilines is 3. The van der Waals surface area contributed by atoms with Gasteiger partial charge in [-0.3, -0.25) is 5.43 Å². The summed E-state index contributed by atoms with van der Waals surface area (Å²) in [4.78, 5) is 17.8. The average molecular weight is 293 g/mol. The van der Waals surface area contributed by atoms with Gasteiger partial charge in [0.1, 0.15) is 0 Å². The molecule has 3 N–H and O–H groups in total. The van der Waals surface area contributed by atoms with Crippen LogP contribution in [-0.2, 0) is 0 Å². The summed E-state index contributed by atoms with van der Waals surface area (Å²) < 4.78 is 0. The number of hydrogen-bond donors (Lipinski definition) is 2. The van der Waals surface area contributed by atoms with Crippen molar-refractivity contribution in [1.29, 1.82) is 0 Å². The zero-order valence-corrected chi connectivity index (χ0v) is 13.3. The van der Waals surface area contributed by atoms with E-state index in [-0.39, 0.29) is 0 Å². The molecule has 21 heavy (non-hydrogen) atoms. The highest BCUT2D eigenvalue weighted by atomic mass is 15.4. The van der Waals surface area contributed by atoms with Crippen molar-refractivity contribution in [2.75, 3.05) is 41.4 Å². The van der Waals surface area contributed by atoms with Gasteiger partial charge >= 0.3 is 0 Å². The molecule has 1 fully saturated rings. The van der Waals surface area contributed by atoms with Crippen molar-refractivity contribution in [3.8, 4) is 0 Å². The van der Waals surface area contributed by atoms with E-state index in [1.54, 1.807) is 0 Å². The maximum atomic E-state index is 5.50. The molecule has 0 saturated carbocycles. The summed E-state index contributed by atoms with van der Waals surface area (Å²) in [6.45, 7) is 10.2. The van der Waals surface area contributed by atoms with Crippen LogP contribution in [0.3, 0.4) is 0 Å². The van der Waals surface area contributed by atoms with Crippen molar-refractivity contribution >= 4 is 17.8 Å². The molecule has 1 unspecified atom stereocenters. The van der Waals surface area contributed by atoms with Crippen LogP contribution < -0.4 is 21.1 Å². The molecule has 2 heterocycles. The van der Waals surface area contributed by atoms with Gasteiger partial charge in [0.15, 0.2) is 0 Å². The second-order valence-corrected chi connectivity index (χ2v) is 5.47. The van der Waals surface area contributed by atoms with E-state index < -0.39 is 0 Å². The molecular weight excluding hydrogens is 266 g/mol. The zero-order chi connectivity index (χ0) is 15.2. The van der Waals surface area contributed by atoms with Gasteiger partial charge in [-0.25, -0.2) is 5.84 Å². The molecule has 0 amide bonds. The molecule has 1 aliphatic heterocycles. The number of nitrogen functional groups attached to an aromatic ring is 1. The molecule has 0 aromatic carbocycles. The van der Waals surface area contributed by atoms with Gasteiger partial charge in [-0.15, -0.1) is 0 Å². The Labute approximate surface area is 126 Å². The number of hydrazine groups is 1. The van der Waals surface area contributed by atoms with Gasteiger partial charge in [0, 0.05) is 26.2 Å². The van der Waals surface area contributed by atoms with E-state index in [9.17, 15) is 0 Å². The van der Waals surface area contributed by atoms with Gasteiger partial charge in [0.05, 0.1) is 0 Å². The van der Waals surface area contributed by atoms with Gasteiger partial charge in [0.25, 0.3) is 0 Å². The molecule has 1 atom stereocenters. The van der Waals surface area contributed by atoms with E-state index in [1.807, 2.05) is 0 Å². The topological polar surface area (TPSA) is 83.2 Å². The Morgan fingerprint density at radius 2 is 2.00 bits per heavy atom. The van der Waals surface area contributed by atoms with Crippen LogP contribution in [0.4, 0.5) is 17.8 Å². The Balaban J connectivity index is 2.21. The highest BCUT2D eigenvalue weighted by molar-refractivity contribution is 5.45. The Kier molecular flexibility index (Phi) is 5.55. The second-order valence-electron chi connectivity index (χ2n) is 5.47. The lowest BCUT2D eigenvalue weighted by Gasteiger charge is -2.22. The summed E-state index contributed by atoms with van der Waals surface area (Å²) in [6.07, 6.45) is 3.72. The van der Waals surface area contributed by atoms with Crippen molar-refractivity contribution in [3.63, 3.8) is 0 Å². The van der Waals surface area contributed by atoms with Crippen LogP contribution in [0.1, 0.15) is 40.0 Å². The third-order valence-electron chi connectivity index (χ3n) is 4.05. The predicted octanol–water partition coefficient (Wildman–Crippen LogP) is 1.63. The van der Waals surface area contributed by atoms with E-state index in [2.05, 4.69) is 50.9 Å². The minimum atomic E-state index is 0.431. The lowest BCUT2D eigenvalue weighted by atomic mass is 10.0. The Morgan fingerprint density at radius 1 is 1.24 bits per heavy atom. The first-order valence-electron chi connectivity index (χ1n) is 7.94. The van der Waals surface area contributed by atoms with Crippen molar-refractivity contribution in [3.05, 3.63) is 0 Å². The number of rotatable bonds is 7. The molecule has 1 aromatic rings. The third kappa shape index (κ3) is 3.72. The highest BCUT2D eigenvalue weighted by Gasteiger charge is 2.25. The first-order valence-corrected chi connectivity index (χ1v) is 7.94. The molecule has 118 valence electrons. The largest absolute Gasteiger partial charge is 0.341 e. The normalized spacial score (nSPS) is 18.1. The number of aromatic nitrogens is 3. The maximum absolute atomic E-state index is 5.50. The van der Waals surface area contributed by atoms with Gasteiger partial charge < -0.3 is 9.80 Å². The Morgan fingerprint density at radius 3 is 2.62 bits per heavy atom. The molecule has 7 heteroatoms. The van der Waals surface area contributed by atoms with E-state index in [0.29, 0.717) is 11.9 Å². The van der Waals surface area contributed by atoms with Crippen molar-refractivity contribution in [1.82, 2.24) is 15.0 Å². The van der Waals surface area contributed by atoms with Gasteiger partial charge in [-0.1, -0.05) is 13.3 Å². The molecule has 2 rings (SSSR count). The molecule has 0 radical (unpaired) electrons. The molecular formula is C14H27N7. The fourth-order valence-corrected chi connectivity index (χ4v) is 2.87. The molecule has 1 saturated heterocycles.